The summed E-state index contributed by atoms with van der Waals surface area (Å²) in [4.78, 5) is 21.7. The van der Waals surface area contributed by atoms with E-state index in [4.69, 9.17) is 6.57 Å². The Morgan fingerprint density at radius 1 is 1.14 bits per heavy atom. The quantitative estimate of drug-likeness (QED) is 0.527. The lowest BCUT2D eigenvalue weighted by molar-refractivity contribution is 0.103. The molecule has 4 heteroatoms. The Morgan fingerprint density at radius 2 is 1.91 bits per heavy atom. The fourth-order valence-electron chi connectivity index (χ4n) is 2.20. The second kappa shape index (κ2) is 6.33. The third kappa shape index (κ3) is 2.80. The average molecular weight is 304 g/mol. The van der Waals surface area contributed by atoms with Gasteiger partial charge in [0.15, 0.2) is 0 Å². The Balaban J connectivity index is 2.04. The van der Waals surface area contributed by atoms with Crippen LogP contribution in [-0.4, -0.2) is 10.8 Å². The summed E-state index contributed by atoms with van der Waals surface area (Å²) in [5.41, 5.74) is 2.36. The van der Waals surface area contributed by atoms with Gasteiger partial charge in [-0.15, -0.1) is 11.3 Å². The first kappa shape index (κ1) is 14.2. The van der Waals surface area contributed by atoms with Crippen LogP contribution in [0.4, 0.5) is 0 Å². The molecule has 0 radical (unpaired) electrons. The Morgan fingerprint density at radius 3 is 2.59 bits per heavy atom. The molecule has 0 N–H and O–H groups in total. The molecule has 0 saturated carbocycles. The minimum atomic E-state index is -0.0981. The summed E-state index contributed by atoms with van der Waals surface area (Å²) in [5, 5.41) is 0. The van der Waals surface area contributed by atoms with Gasteiger partial charge in [-0.1, -0.05) is 36.4 Å². The van der Waals surface area contributed by atoms with Gasteiger partial charge in [-0.3, -0.25) is 9.78 Å². The second-order valence-corrected chi connectivity index (χ2v) is 5.74. The molecule has 0 fully saturated rings. The number of thiophene rings is 1. The molecule has 0 spiro atoms. The van der Waals surface area contributed by atoms with Crippen LogP contribution in [0.25, 0.3) is 15.3 Å². The number of hydrogen-bond acceptors (Lipinski definition) is 3. The average Bonchev–Trinajstić information content (AvgIpc) is 3.00. The number of pyridine rings is 1. The van der Waals surface area contributed by atoms with Gasteiger partial charge in [-0.05, 0) is 23.8 Å². The van der Waals surface area contributed by atoms with Crippen molar-refractivity contribution in [3.63, 3.8) is 0 Å². The molecule has 0 aliphatic carbocycles. The molecule has 22 heavy (non-hydrogen) atoms. The fourth-order valence-corrected chi connectivity index (χ4v) is 3.33. The summed E-state index contributed by atoms with van der Waals surface area (Å²) in [6, 6.07) is 17.0. The third-order valence-corrected chi connectivity index (χ3v) is 4.44. The molecular weight excluding hydrogens is 292 g/mol. The summed E-state index contributed by atoms with van der Waals surface area (Å²) in [5.74, 6) is -0.0981. The highest BCUT2D eigenvalue weighted by Gasteiger charge is 2.19. The van der Waals surface area contributed by atoms with E-state index in [0.717, 1.165) is 16.0 Å². The molecule has 0 aliphatic heterocycles. The molecule has 1 aromatic carbocycles. The lowest BCUT2D eigenvalue weighted by atomic mass is 10.1. The third-order valence-electron chi connectivity index (χ3n) is 3.22. The first-order valence-corrected chi connectivity index (χ1v) is 7.58. The minimum absolute atomic E-state index is 0.0981. The van der Waals surface area contributed by atoms with Gasteiger partial charge in [0, 0.05) is 16.6 Å². The van der Waals surface area contributed by atoms with Crippen LogP contribution in [0, 0.1) is 6.57 Å². The second-order valence-electron chi connectivity index (χ2n) is 4.69. The van der Waals surface area contributed by atoms with Gasteiger partial charge in [0.05, 0.1) is 4.88 Å². The zero-order chi connectivity index (χ0) is 15.4. The molecule has 3 rings (SSSR count). The van der Waals surface area contributed by atoms with E-state index in [-0.39, 0.29) is 12.3 Å². The summed E-state index contributed by atoms with van der Waals surface area (Å²) in [7, 11) is 0. The predicted molar refractivity (Wildman–Crippen MR) is 87.7 cm³/mol. The van der Waals surface area contributed by atoms with Crippen LogP contribution in [0.15, 0.2) is 60.8 Å². The summed E-state index contributed by atoms with van der Waals surface area (Å²) >= 11 is 1.42. The number of carbonyl (C=O) groups is 1. The van der Waals surface area contributed by atoms with Crippen molar-refractivity contribution in [2.24, 2.45) is 0 Å². The zero-order valence-corrected chi connectivity index (χ0v) is 12.5. The standard InChI is InChI=1S/C18H12N2OS/c1-19-12-14-11-16(17(21)15-9-5-6-10-20-15)22-18(14)13-7-3-2-4-8-13/h2-11H,12H2. The van der Waals surface area contributed by atoms with Gasteiger partial charge in [-0.25, -0.2) is 6.57 Å². The molecule has 3 nitrogen and oxygen atoms in total. The molecule has 0 unspecified atom stereocenters. The maximum Gasteiger partial charge on any atom is 0.241 e. The van der Waals surface area contributed by atoms with E-state index < -0.39 is 0 Å². The molecule has 3 aromatic rings. The number of rotatable bonds is 4. The summed E-state index contributed by atoms with van der Waals surface area (Å²) in [6.45, 7) is 7.39. The van der Waals surface area contributed by atoms with Crippen LogP contribution in [0.1, 0.15) is 20.9 Å². The molecule has 2 heterocycles. The lowest BCUT2D eigenvalue weighted by Gasteiger charge is -1.98. The van der Waals surface area contributed by atoms with Crippen molar-refractivity contribution in [2.75, 3.05) is 0 Å². The maximum atomic E-state index is 12.5. The van der Waals surface area contributed by atoms with Crippen LogP contribution in [-0.2, 0) is 6.54 Å². The Bertz CT molecular complexity index is 833. The minimum Gasteiger partial charge on any atom is -0.312 e. The SMILES string of the molecule is [C-]#[N+]Cc1cc(C(=O)c2ccccn2)sc1-c1ccccc1. The Labute approximate surface area is 132 Å². The number of hydrogen-bond donors (Lipinski definition) is 0. The van der Waals surface area contributed by atoms with E-state index >= 15 is 0 Å². The van der Waals surface area contributed by atoms with Crippen molar-refractivity contribution in [3.8, 4) is 10.4 Å². The van der Waals surface area contributed by atoms with Gasteiger partial charge < -0.3 is 4.85 Å². The molecule has 0 amide bonds. The number of carbonyl (C=O) groups excluding carboxylic acids is 1. The van der Waals surface area contributed by atoms with Crippen LogP contribution in [0.5, 0.6) is 0 Å². The van der Waals surface area contributed by atoms with E-state index in [1.807, 2.05) is 36.4 Å². The van der Waals surface area contributed by atoms with Gasteiger partial charge in [-0.2, -0.15) is 0 Å². The molecule has 0 atom stereocenters. The summed E-state index contributed by atoms with van der Waals surface area (Å²) < 4.78 is 0. The number of aromatic nitrogens is 1. The first-order valence-electron chi connectivity index (χ1n) is 6.76. The van der Waals surface area contributed by atoms with Crippen LogP contribution < -0.4 is 0 Å². The van der Waals surface area contributed by atoms with Gasteiger partial charge >= 0.3 is 0 Å². The molecule has 2 aromatic heterocycles. The van der Waals surface area contributed by atoms with Gasteiger partial charge in [0.2, 0.25) is 12.3 Å². The van der Waals surface area contributed by atoms with E-state index in [2.05, 4.69) is 9.83 Å². The van der Waals surface area contributed by atoms with Gasteiger partial charge in [0.25, 0.3) is 0 Å². The highest BCUT2D eigenvalue weighted by molar-refractivity contribution is 7.17. The van der Waals surface area contributed by atoms with Gasteiger partial charge in [0.1, 0.15) is 5.69 Å². The smallest absolute Gasteiger partial charge is 0.241 e. The topological polar surface area (TPSA) is 34.3 Å². The highest BCUT2D eigenvalue weighted by Crippen LogP contribution is 2.34. The van der Waals surface area contributed by atoms with E-state index in [1.54, 1.807) is 24.4 Å². The monoisotopic (exact) mass is 304 g/mol. The number of benzene rings is 1. The van der Waals surface area contributed by atoms with Crippen molar-refractivity contribution in [1.82, 2.24) is 4.98 Å². The normalized spacial score (nSPS) is 10.1. The first-order chi connectivity index (χ1) is 10.8. The van der Waals surface area contributed by atoms with Crippen LogP contribution >= 0.6 is 11.3 Å². The van der Waals surface area contributed by atoms with E-state index in [1.165, 1.54) is 11.3 Å². The molecular formula is C18H12N2OS. The lowest BCUT2D eigenvalue weighted by Crippen LogP contribution is -2.00. The number of ketones is 1. The largest absolute Gasteiger partial charge is 0.312 e. The van der Waals surface area contributed by atoms with E-state index in [9.17, 15) is 4.79 Å². The van der Waals surface area contributed by atoms with Crippen LogP contribution in [0.3, 0.4) is 0 Å². The van der Waals surface area contributed by atoms with Crippen LogP contribution in [0.2, 0.25) is 0 Å². The maximum absolute atomic E-state index is 12.5. The Kier molecular flexibility index (Phi) is 4.08. The molecule has 0 saturated heterocycles. The Hall–Kier alpha value is -2.77. The van der Waals surface area contributed by atoms with Crippen molar-refractivity contribution >= 4 is 17.1 Å². The predicted octanol–water partition coefficient (Wildman–Crippen LogP) is 4.46. The van der Waals surface area contributed by atoms with Crippen molar-refractivity contribution in [3.05, 3.63) is 88.3 Å². The highest BCUT2D eigenvalue weighted by atomic mass is 32.1. The molecule has 0 bridgehead atoms. The van der Waals surface area contributed by atoms with E-state index in [0.29, 0.717) is 10.6 Å². The molecule has 106 valence electrons. The molecule has 0 aliphatic rings. The summed E-state index contributed by atoms with van der Waals surface area (Å²) in [6.07, 6.45) is 1.61. The van der Waals surface area contributed by atoms with Crippen molar-refractivity contribution < 1.29 is 4.79 Å². The number of nitrogens with zero attached hydrogens (tertiary/aromatic N) is 2. The zero-order valence-electron chi connectivity index (χ0n) is 11.7. The fraction of sp³-hybridized carbons (Fsp3) is 0.0556. The van der Waals surface area contributed by atoms with Crippen molar-refractivity contribution in [2.45, 2.75) is 6.54 Å². The van der Waals surface area contributed by atoms with Crippen molar-refractivity contribution in [1.29, 1.82) is 0 Å².